The van der Waals surface area contributed by atoms with Gasteiger partial charge in [0.1, 0.15) is 0 Å². The maximum Gasteiger partial charge on any atom is 0.214 e. The number of nitrogens with zero attached hydrogens (tertiary/aromatic N) is 3. The molecule has 0 spiro atoms. The zero-order valence-corrected chi connectivity index (χ0v) is 12.1. The summed E-state index contributed by atoms with van der Waals surface area (Å²) in [4.78, 5) is 3.90. The van der Waals surface area contributed by atoms with Crippen LogP contribution in [0.5, 0.6) is 0 Å². The third kappa shape index (κ3) is 4.97. The molecule has 104 valence electrons. The first-order valence-electron chi connectivity index (χ1n) is 6.26. The van der Waals surface area contributed by atoms with E-state index in [2.05, 4.69) is 11.1 Å². The molecule has 19 heavy (non-hydrogen) atoms. The summed E-state index contributed by atoms with van der Waals surface area (Å²) < 4.78 is 25.8. The maximum absolute atomic E-state index is 12.2. The quantitative estimate of drug-likeness (QED) is 0.758. The molecule has 1 atom stereocenters. The van der Waals surface area contributed by atoms with E-state index >= 15 is 0 Å². The van der Waals surface area contributed by atoms with Crippen LogP contribution in [0.2, 0.25) is 0 Å². The Bertz CT molecular complexity index is 523. The summed E-state index contributed by atoms with van der Waals surface area (Å²) in [5, 5.41) is 8.77. The van der Waals surface area contributed by atoms with E-state index in [-0.39, 0.29) is 18.2 Å². The average Bonchev–Trinajstić information content (AvgIpc) is 2.43. The molecular weight excluding hydrogens is 262 g/mol. The summed E-state index contributed by atoms with van der Waals surface area (Å²) >= 11 is 0. The summed E-state index contributed by atoms with van der Waals surface area (Å²) in [6.07, 6.45) is 3.76. The molecule has 1 aromatic rings. The summed E-state index contributed by atoms with van der Waals surface area (Å²) in [5.41, 5.74) is 0.947. The minimum Gasteiger partial charge on any atom is -0.265 e. The van der Waals surface area contributed by atoms with Gasteiger partial charge < -0.3 is 0 Å². The standard InChI is InChI=1S/C13H19N3O2S/c1-3-16(11-12(2)10-14)19(17,18)9-6-13-4-7-15-8-5-13/h4-5,7-8,12H,3,6,9,11H2,1-2H3. The number of rotatable bonds is 7. The van der Waals surface area contributed by atoms with Crippen LogP contribution in [0.4, 0.5) is 0 Å². The van der Waals surface area contributed by atoms with Gasteiger partial charge in [-0.2, -0.15) is 5.26 Å². The van der Waals surface area contributed by atoms with Crippen LogP contribution in [0.25, 0.3) is 0 Å². The molecule has 0 bridgehead atoms. The highest BCUT2D eigenvalue weighted by Crippen LogP contribution is 2.09. The second kappa shape index (κ2) is 7.22. The lowest BCUT2D eigenvalue weighted by atomic mass is 10.2. The van der Waals surface area contributed by atoms with E-state index in [4.69, 9.17) is 5.26 Å². The average molecular weight is 281 g/mol. The fourth-order valence-electron chi connectivity index (χ4n) is 1.71. The molecule has 6 heteroatoms. The van der Waals surface area contributed by atoms with Crippen molar-refractivity contribution in [3.05, 3.63) is 30.1 Å². The van der Waals surface area contributed by atoms with Crippen molar-refractivity contribution in [3.8, 4) is 6.07 Å². The molecule has 0 fully saturated rings. The fraction of sp³-hybridized carbons (Fsp3) is 0.538. The monoisotopic (exact) mass is 281 g/mol. The SMILES string of the molecule is CCN(CC(C)C#N)S(=O)(=O)CCc1ccncc1. The number of sulfonamides is 1. The van der Waals surface area contributed by atoms with Crippen molar-refractivity contribution in [2.75, 3.05) is 18.8 Å². The second-order valence-corrected chi connectivity index (χ2v) is 6.49. The molecule has 0 saturated heterocycles. The molecule has 0 radical (unpaired) electrons. The molecule has 0 aromatic carbocycles. The number of aryl methyl sites for hydroxylation is 1. The highest BCUT2D eigenvalue weighted by atomic mass is 32.2. The van der Waals surface area contributed by atoms with Crippen LogP contribution < -0.4 is 0 Å². The molecule has 1 aromatic heterocycles. The Balaban J connectivity index is 2.66. The van der Waals surface area contributed by atoms with Gasteiger partial charge in [-0.1, -0.05) is 6.92 Å². The highest BCUT2D eigenvalue weighted by molar-refractivity contribution is 7.89. The van der Waals surface area contributed by atoms with Crippen LogP contribution in [0.15, 0.2) is 24.5 Å². The van der Waals surface area contributed by atoms with Crippen molar-refractivity contribution < 1.29 is 8.42 Å². The summed E-state index contributed by atoms with van der Waals surface area (Å²) in [7, 11) is -3.31. The first-order valence-corrected chi connectivity index (χ1v) is 7.87. The molecule has 1 unspecified atom stereocenters. The highest BCUT2D eigenvalue weighted by Gasteiger charge is 2.22. The Labute approximate surface area is 114 Å². The first kappa shape index (κ1) is 15.6. The van der Waals surface area contributed by atoms with Crippen LogP contribution in [0.3, 0.4) is 0 Å². The normalized spacial score (nSPS) is 13.2. The van der Waals surface area contributed by atoms with Gasteiger partial charge in [0.25, 0.3) is 0 Å². The lowest BCUT2D eigenvalue weighted by Crippen LogP contribution is -2.36. The third-order valence-electron chi connectivity index (χ3n) is 2.84. The number of pyridine rings is 1. The Morgan fingerprint density at radius 2 is 2.05 bits per heavy atom. The lowest BCUT2D eigenvalue weighted by Gasteiger charge is -2.21. The predicted molar refractivity (Wildman–Crippen MR) is 73.8 cm³/mol. The summed E-state index contributed by atoms with van der Waals surface area (Å²) in [6.45, 7) is 4.16. The topological polar surface area (TPSA) is 74.1 Å². The van der Waals surface area contributed by atoms with Gasteiger partial charge in [0, 0.05) is 25.5 Å². The molecule has 5 nitrogen and oxygen atoms in total. The molecule has 0 amide bonds. The Kier molecular flexibility index (Phi) is 5.93. The van der Waals surface area contributed by atoms with Crippen molar-refractivity contribution in [2.45, 2.75) is 20.3 Å². The Morgan fingerprint density at radius 3 is 2.58 bits per heavy atom. The molecule has 0 aliphatic rings. The number of hydrogen-bond acceptors (Lipinski definition) is 4. The van der Waals surface area contributed by atoms with Gasteiger partial charge in [0.15, 0.2) is 0 Å². The maximum atomic E-state index is 12.2. The van der Waals surface area contributed by atoms with E-state index in [0.29, 0.717) is 13.0 Å². The Morgan fingerprint density at radius 1 is 1.42 bits per heavy atom. The van der Waals surface area contributed by atoms with Crippen LogP contribution in [0.1, 0.15) is 19.4 Å². The van der Waals surface area contributed by atoms with E-state index in [1.807, 2.05) is 12.1 Å². The molecule has 1 heterocycles. The van der Waals surface area contributed by atoms with Crippen LogP contribution in [0, 0.1) is 17.2 Å². The molecule has 0 aliphatic heterocycles. The zero-order chi connectivity index (χ0) is 14.3. The van der Waals surface area contributed by atoms with E-state index in [0.717, 1.165) is 5.56 Å². The van der Waals surface area contributed by atoms with Crippen molar-refractivity contribution in [3.63, 3.8) is 0 Å². The summed E-state index contributed by atoms with van der Waals surface area (Å²) in [5.74, 6) is -0.237. The number of hydrogen-bond donors (Lipinski definition) is 0. The van der Waals surface area contributed by atoms with Crippen molar-refractivity contribution in [1.82, 2.24) is 9.29 Å². The smallest absolute Gasteiger partial charge is 0.214 e. The number of aromatic nitrogens is 1. The molecule has 0 saturated carbocycles. The van der Waals surface area contributed by atoms with E-state index < -0.39 is 10.0 Å². The number of nitriles is 1. The van der Waals surface area contributed by atoms with Gasteiger partial charge in [0.05, 0.1) is 17.7 Å². The van der Waals surface area contributed by atoms with Gasteiger partial charge in [-0.3, -0.25) is 4.98 Å². The van der Waals surface area contributed by atoms with Gasteiger partial charge >= 0.3 is 0 Å². The van der Waals surface area contributed by atoms with E-state index in [1.54, 1.807) is 26.2 Å². The van der Waals surface area contributed by atoms with Gasteiger partial charge in [-0.05, 0) is 31.0 Å². The second-order valence-electron chi connectivity index (χ2n) is 4.40. The lowest BCUT2D eigenvalue weighted by molar-refractivity contribution is 0.400. The predicted octanol–water partition coefficient (Wildman–Crippen LogP) is 1.44. The van der Waals surface area contributed by atoms with Crippen LogP contribution in [-0.4, -0.2) is 36.5 Å². The van der Waals surface area contributed by atoms with Crippen LogP contribution in [-0.2, 0) is 16.4 Å². The van der Waals surface area contributed by atoms with Gasteiger partial charge in [-0.25, -0.2) is 12.7 Å². The Hall–Kier alpha value is -1.45. The van der Waals surface area contributed by atoms with Crippen molar-refractivity contribution in [1.29, 1.82) is 5.26 Å². The first-order chi connectivity index (χ1) is 8.99. The minimum absolute atomic E-state index is 0.0585. The molecular formula is C13H19N3O2S. The summed E-state index contributed by atoms with van der Waals surface area (Å²) in [6, 6.07) is 5.68. The van der Waals surface area contributed by atoms with Crippen LogP contribution >= 0.6 is 0 Å². The molecule has 0 N–H and O–H groups in total. The largest absolute Gasteiger partial charge is 0.265 e. The van der Waals surface area contributed by atoms with E-state index in [1.165, 1.54) is 4.31 Å². The van der Waals surface area contributed by atoms with Gasteiger partial charge in [0.2, 0.25) is 10.0 Å². The van der Waals surface area contributed by atoms with Crippen molar-refractivity contribution >= 4 is 10.0 Å². The van der Waals surface area contributed by atoms with Crippen molar-refractivity contribution in [2.24, 2.45) is 5.92 Å². The van der Waals surface area contributed by atoms with Gasteiger partial charge in [-0.15, -0.1) is 0 Å². The third-order valence-corrected chi connectivity index (χ3v) is 4.76. The minimum atomic E-state index is -3.31. The fourth-order valence-corrected chi connectivity index (χ4v) is 3.31. The van der Waals surface area contributed by atoms with E-state index in [9.17, 15) is 8.42 Å². The molecule has 0 aliphatic carbocycles. The molecule has 1 rings (SSSR count). The zero-order valence-electron chi connectivity index (χ0n) is 11.3.